The Labute approximate surface area is 173 Å². The highest BCUT2D eigenvalue weighted by atomic mass is 35.5. The smallest absolute Gasteiger partial charge is 0.253 e. The lowest BCUT2D eigenvalue weighted by atomic mass is 10.1. The fourth-order valence-corrected chi connectivity index (χ4v) is 3.53. The topological polar surface area (TPSA) is 65.8 Å². The molecule has 6 heteroatoms. The summed E-state index contributed by atoms with van der Waals surface area (Å²) in [6.07, 6.45) is 1.57. The van der Waals surface area contributed by atoms with Crippen molar-refractivity contribution in [2.24, 2.45) is 0 Å². The Hall–Kier alpha value is -2.81. The van der Waals surface area contributed by atoms with Crippen LogP contribution in [-0.2, 0) is 6.54 Å². The number of nitrogens with zero attached hydrogens (tertiary/aromatic N) is 2. The number of hydrogen-bond donors (Lipinski definition) is 1. The highest BCUT2D eigenvalue weighted by Crippen LogP contribution is 2.23. The molecule has 0 bridgehead atoms. The van der Waals surface area contributed by atoms with Crippen LogP contribution in [0.4, 0.5) is 0 Å². The van der Waals surface area contributed by atoms with Crippen LogP contribution in [0.25, 0.3) is 11.3 Å². The van der Waals surface area contributed by atoms with Crippen molar-refractivity contribution >= 4 is 29.3 Å². The minimum Gasteiger partial charge on any atom is -0.348 e. The second-order valence-corrected chi connectivity index (χ2v) is 7.73. The number of aromatic nitrogens is 1. The molecular formula is C22H18ClN3OS. The third-order valence-corrected chi connectivity index (χ3v) is 5.35. The lowest BCUT2D eigenvalue weighted by molar-refractivity contribution is 0.0950. The summed E-state index contributed by atoms with van der Waals surface area (Å²) in [5.74, 6) is 0.809. The zero-order valence-electron chi connectivity index (χ0n) is 15.3. The minimum atomic E-state index is -0.228. The maximum atomic E-state index is 12.4. The van der Waals surface area contributed by atoms with Crippen LogP contribution in [0, 0.1) is 11.3 Å². The normalized spacial score (nSPS) is 10.3. The minimum absolute atomic E-state index is 0.228. The van der Waals surface area contributed by atoms with E-state index in [0.29, 0.717) is 16.1 Å². The van der Waals surface area contributed by atoms with Crippen molar-refractivity contribution in [2.45, 2.75) is 18.4 Å². The Morgan fingerprint density at radius 3 is 2.57 bits per heavy atom. The summed E-state index contributed by atoms with van der Waals surface area (Å²) in [6.45, 7) is 2.40. The predicted molar refractivity (Wildman–Crippen MR) is 113 cm³/mol. The summed E-state index contributed by atoms with van der Waals surface area (Å²) in [6, 6.07) is 18.9. The van der Waals surface area contributed by atoms with Crippen molar-refractivity contribution in [2.75, 3.05) is 5.75 Å². The summed E-state index contributed by atoms with van der Waals surface area (Å²) >= 11 is 7.93. The van der Waals surface area contributed by atoms with E-state index in [1.807, 2.05) is 24.3 Å². The van der Waals surface area contributed by atoms with Gasteiger partial charge in [0.25, 0.3) is 5.91 Å². The molecule has 0 aliphatic rings. The number of pyridine rings is 1. The molecule has 0 radical (unpaired) electrons. The first kappa shape index (κ1) is 19.9. The molecule has 4 nitrogen and oxygen atoms in total. The number of carbonyl (C=O) groups excluding carboxylic acids is 1. The highest BCUT2D eigenvalue weighted by Gasteiger charge is 2.09. The largest absolute Gasteiger partial charge is 0.348 e. The molecule has 2 aromatic carbocycles. The van der Waals surface area contributed by atoms with Crippen molar-refractivity contribution in [1.29, 1.82) is 5.26 Å². The molecule has 0 fully saturated rings. The van der Waals surface area contributed by atoms with Gasteiger partial charge in [0.15, 0.2) is 0 Å². The first-order valence-electron chi connectivity index (χ1n) is 8.76. The maximum Gasteiger partial charge on any atom is 0.253 e. The van der Waals surface area contributed by atoms with Crippen molar-refractivity contribution in [3.63, 3.8) is 0 Å². The molecule has 0 saturated heterocycles. The van der Waals surface area contributed by atoms with E-state index in [0.717, 1.165) is 22.6 Å². The Kier molecular flexibility index (Phi) is 6.70. The summed E-state index contributed by atoms with van der Waals surface area (Å²) < 4.78 is 0. The van der Waals surface area contributed by atoms with Crippen LogP contribution in [-0.4, -0.2) is 16.6 Å². The van der Waals surface area contributed by atoms with Gasteiger partial charge in [-0.05, 0) is 47.7 Å². The second kappa shape index (κ2) is 9.41. The van der Waals surface area contributed by atoms with Crippen LogP contribution in [0.5, 0.6) is 0 Å². The van der Waals surface area contributed by atoms with E-state index in [-0.39, 0.29) is 12.5 Å². The lowest BCUT2D eigenvalue weighted by Gasteiger charge is -2.08. The molecule has 3 aromatic rings. The molecule has 140 valence electrons. The SMILES string of the molecule is CCSc1ccc(-c2ccc(C(=O)NCc3ccc(C#N)cc3Cl)cn2)cc1. The Morgan fingerprint density at radius 2 is 1.96 bits per heavy atom. The average Bonchev–Trinajstić information content (AvgIpc) is 2.73. The lowest BCUT2D eigenvalue weighted by Crippen LogP contribution is -2.23. The molecule has 0 aliphatic carbocycles. The number of hydrogen-bond acceptors (Lipinski definition) is 4. The van der Waals surface area contributed by atoms with E-state index in [1.165, 1.54) is 4.90 Å². The summed E-state index contributed by atoms with van der Waals surface area (Å²) in [7, 11) is 0. The Morgan fingerprint density at radius 1 is 1.18 bits per heavy atom. The Balaban J connectivity index is 1.64. The number of rotatable bonds is 6. The summed E-state index contributed by atoms with van der Waals surface area (Å²) in [4.78, 5) is 18.0. The van der Waals surface area contributed by atoms with E-state index in [4.69, 9.17) is 16.9 Å². The van der Waals surface area contributed by atoms with Gasteiger partial charge >= 0.3 is 0 Å². The number of nitrogens with one attached hydrogen (secondary N) is 1. The number of nitriles is 1. The zero-order valence-corrected chi connectivity index (χ0v) is 16.8. The van der Waals surface area contributed by atoms with Crippen LogP contribution in [0.3, 0.4) is 0 Å². The van der Waals surface area contributed by atoms with E-state index in [1.54, 1.807) is 42.2 Å². The Bertz CT molecular complexity index is 1010. The molecule has 1 aromatic heterocycles. The van der Waals surface area contributed by atoms with Crippen LogP contribution in [0.15, 0.2) is 65.7 Å². The number of carbonyl (C=O) groups is 1. The van der Waals surface area contributed by atoms with E-state index >= 15 is 0 Å². The van der Waals surface area contributed by atoms with Crippen LogP contribution >= 0.6 is 23.4 Å². The van der Waals surface area contributed by atoms with E-state index in [2.05, 4.69) is 29.4 Å². The molecule has 1 N–H and O–H groups in total. The quantitative estimate of drug-likeness (QED) is 0.562. The van der Waals surface area contributed by atoms with Gasteiger partial charge in [0.2, 0.25) is 0 Å². The van der Waals surface area contributed by atoms with Gasteiger partial charge in [-0.2, -0.15) is 5.26 Å². The predicted octanol–water partition coefficient (Wildman–Crippen LogP) is 5.32. The second-order valence-electron chi connectivity index (χ2n) is 5.99. The number of halogens is 1. The van der Waals surface area contributed by atoms with Gasteiger partial charge in [0, 0.05) is 28.2 Å². The summed E-state index contributed by atoms with van der Waals surface area (Å²) in [5.41, 5.74) is 3.55. The average molecular weight is 408 g/mol. The molecule has 1 amide bonds. The molecule has 0 aliphatic heterocycles. The van der Waals surface area contributed by atoms with Gasteiger partial charge in [-0.15, -0.1) is 11.8 Å². The number of benzene rings is 2. The van der Waals surface area contributed by atoms with E-state index < -0.39 is 0 Å². The van der Waals surface area contributed by atoms with Gasteiger partial charge in [0.05, 0.1) is 22.9 Å². The van der Waals surface area contributed by atoms with Crippen molar-refractivity contribution in [1.82, 2.24) is 10.3 Å². The zero-order chi connectivity index (χ0) is 19.9. The molecule has 0 atom stereocenters. The van der Waals surface area contributed by atoms with Gasteiger partial charge in [0.1, 0.15) is 0 Å². The summed E-state index contributed by atoms with van der Waals surface area (Å²) in [5, 5.41) is 12.2. The monoisotopic (exact) mass is 407 g/mol. The van der Waals surface area contributed by atoms with Crippen molar-refractivity contribution in [3.8, 4) is 17.3 Å². The number of thioether (sulfide) groups is 1. The molecular weight excluding hydrogens is 390 g/mol. The van der Waals surface area contributed by atoms with Gasteiger partial charge < -0.3 is 5.32 Å². The molecule has 0 saturated carbocycles. The van der Waals surface area contributed by atoms with Crippen LogP contribution < -0.4 is 5.32 Å². The van der Waals surface area contributed by atoms with Crippen molar-refractivity contribution < 1.29 is 4.79 Å². The highest BCUT2D eigenvalue weighted by molar-refractivity contribution is 7.99. The standard InChI is InChI=1S/C22H18ClN3OS/c1-2-28-19-8-5-16(6-9-19)21-10-7-18(14-25-21)22(27)26-13-17-4-3-15(12-24)11-20(17)23/h3-11,14H,2,13H2,1H3,(H,26,27). The molecule has 0 spiro atoms. The van der Waals surface area contributed by atoms with Crippen LogP contribution in [0.2, 0.25) is 5.02 Å². The fraction of sp³-hybridized carbons (Fsp3) is 0.136. The third-order valence-electron chi connectivity index (χ3n) is 4.11. The molecule has 0 unspecified atom stereocenters. The molecule has 3 rings (SSSR count). The maximum absolute atomic E-state index is 12.4. The van der Waals surface area contributed by atoms with Gasteiger partial charge in [-0.1, -0.05) is 36.7 Å². The van der Waals surface area contributed by atoms with Crippen LogP contribution in [0.1, 0.15) is 28.4 Å². The molecule has 1 heterocycles. The van der Waals surface area contributed by atoms with Crippen molar-refractivity contribution in [3.05, 3.63) is 82.5 Å². The van der Waals surface area contributed by atoms with Gasteiger partial charge in [-0.25, -0.2) is 0 Å². The first-order valence-corrected chi connectivity index (χ1v) is 10.1. The van der Waals surface area contributed by atoms with E-state index in [9.17, 15) is 4.79 Å². The first-order chi connectivity index (χ1) is 13.6. The third kappa shape index (κ3) is 4.92. The number of amides is 1. The fourth-order valence-electron chi connectivity index (χ4n) is 2.63. The van der Waals surface area contributed by atoms with Gasteiger partial charge in [-0.3, -0.25) is 9.78 Å². The molecule has 28 heavy (non-hydrogen) atoms.